The average Bonchev–Trinajstić information content (AvgIpc) is 2.57. The highest BCUT2D eigenvalue weighted by Crippen LogP contribution is 2.28. The van der Waals surface area contributed by atoms with Crippen molar-refractivity contribution in [2.75, 3.05) is 31.4 Å². The Labute approximate surface area is 136 Å². The van der Waals surface area contributed by atoms with E-state index in [4.69, 9.17) is 9.47 Å². The maximum absolute atomic E-state index is 12.0. The van der Waals surface area contributed by atoms with Gasteiger partial charge < -0.3 is 20.1 Å². The average molecular weight is 314 g/mol. The fourth-order valence-corrected chi connectivity index (χ4v) is 2.19. The van der Waals surface area contributed by atoms with Crippen LogP contribution in [0.15, 0.2) is 42.5 Å². The van der Waals surface area contributed by atoms with E-state index in [1.165, 1.54) is 0 Å². The minimum Gasteiger partial charge on any atom is -0.497 e. The van der Waals surface area contributed by atoms with Gasteiger partial charge in [-0.05, 0) is 30.7 Å². The lowest BCUT2D eigenvalue weighted by molar-refractivity contribution is -0.115. The molecule has 5 heteroatoms. The molecule has 0 atom stereocenters. The summed E-state index contributed by atoms with van der Waals surface area (Å²) in [6.45, 7) is 2.47. The Morgan fingerprint density at radius 3 is 2.52 bits per heavy atom. The summed E-state index contributed by atoms with van der Waals surface area (Å²) in [4.78, 5) is 12.0. The van der Waals surface area contributed by atoms with E-state index in [9.17, 15) is 4.79 Å². The van der Waals surface area contributed by atoms with Crippen LogP contribution in [0.1, 0.15) is 12.0 Å². The first-order valence-electron chi connectivity index (χ1n) is 7.45. The molecule has 2 rings (SSSR count). The first kappa shape index (κ1) is 16.7. The number of para-hydroxylation sites is 1. The maximum atomic E-state index is 12.0. The van der Waals surface area contributed by atoms with Gasteiger partial charge in [0.25, 0.3) is 0 Å². The Hall–Kier alpha value is -2.69. The fourth-order valence-electron chi connectivity index (χ4n) is 2.19. The van der Waals surface area contributed by atoms with Gasteiger partial charge in [-0.3, -0.25) is 4.79 Å². The second-order valence-electron chi connectivity index (χ2n) is 5.11. The van der Waals surface area contributed by atoms with Gasteiger partial charge in [0.2, 0.25) is 5.91 Å². The van der Waals surface area contributed by atoms with E-state index in [2.05, 4.69) is 10.6 Å². The number of anilines is 2. The van der Waals surface area contributed by atoms with Crippen LogP contribution in [0.4, 0.5) is 11.4 Å². The normalized spacial score (nSPS) is 10.0. The number of nitrogens with one attached hydrogen (secondary N) is 2. The van der Waals surface area contributed by atoms with E-state index >= 15 is 0 Å². The van der Waals surface area contributed by atoms with Crippen molar-refractivity contribution >= 4 is 17.3 Å². The van der Waals surface area contributed by atoms with Gasteiger partial charge in [0, 0.05) is 24.7 Å². The van der Waals surface area contributed by atoms with Gasteiger partial charge in [0.15, 0.2) is 0 Å². The van der Waals surface area contributed by atoms with Crippen molar-refractivity contribution in [1.29, 1.82) is 0 Å². The molecule has 0 unspecified atom stereocenters. The molecule has 23 heavy (non-hydrogen) atoms. The molecule has 0 heterocycles. The number of hydrogen-bond donors (Lipinski definition) is 2. The molecule has 2 N–H and O–H groups in total. The van der Waals surface area contributed by atoms with E-state index in [0.717, 1.165) is 22.7 Å². The molecule has 0 radical (unpaired) electrons. The van der Waals surface area contributed by atoms with Gasteiger partial charge >= 0.3 is 0 Å². The molecular formula is C18H22N2O3. The summed E-state index contributed by atoms with van der Waals surface area (Å²) in [5, 5.41) is 6.12. The van der Waals surface area contributed by atoms with Gasteiger partial charge in [0.05, 0.1) is 19.9 Å². The molecule has 5 nitrogen and oxygen atoms in total. The molecule has 0 aliphatic carbocycles. The van der Waals surface area contributed by atoms with Gasteiger partial charge in [0.1, 0.15) is 11.5 Å². The zero-order valence-electron chi connectivity index (χ0n) is 13.7. The molecule has 122 valence electrons. The zero-order chi connectivity index (χ0) is 16.7. The Bertz CT molecular complexity index is 671. The van der Waals surface area contributed by atoms with Gasteiger partial charge in [-0.1, -0.05) is 18.2 Å². The van der Waals surface area contributed by atoms with Crippen LogP contribution in [-0.4, -0.2) is 26.7 Å². The number of carbonyl (C=O) groups excluding carboxylic acids is 1. The zero-order valence-corrected chi connectivity index (χ0v) is 13.7. The smallest absolute Gasteiger partial charge is 0.226 e. The molecule has 0 aliphatic heterocycles. The van der Waals surface area contributed by atoms with Crippen molar-refractivity contribution in [2.24, 2.45) is 0 Å². The summed E-state index contributed by atoms with van der Waals surface area (Å²) in [5.74, 6) is 1.41. The maximum Gasteiger partial charge on any atom is 0.226 e. The van der Waals surface area contributed by atoms with Crippen molar-refractivity contribution in [3.63, 3.8) is 0 Å². The number of carbonyl (C=O) groups is 1. The number of ether oxygens (including phenoxy) is 2. The van der Waals surface area contributed by atoms with Crippen LogP contribution >= 0.6 is 0 Å². The number of methoxy groups -OCH3 is 2. The van der Waals surface area contributed by atoms with Crippen LogP contribution in [0.5, 0.6) is 11.5 Å². The number of aryl methyl sites for hydroxylation is 1. The second kappa shape index (κ2) is 8.08. The largest absolute Gasteiger partial charge is 0.497 e. The van der Waals surface area contributed by atoms with Crippen LogP contribution in [0.2, 0.25) is 0 Å². The quantitative estimate of drug-likeness (QED) is 0.822. The molecule has 0 aromatic heterocycles. The van der Waals surface area contributed by atoms with Crippen molar-refractivity contribution < 1.29 is 14.3 Å². The third-order valence-corrected chi connectivity index (χ3v) is 3.49. The van der Waals surface area contributed by atoms with Crippen LogP contribution in [-0.2, 0) is 4.79 Å². The van der Waals surface area contributed by atoms with Gasteiger partial charge in [-0.25, -0.2) is 0 Å². The predicted octanol–water partition coefficient (Wildman–Crippen LogP) is 3.45. The molecule has 0 fully saturated rings. The van der Waals surface area contributed by atoms with Crippen molar-refractivity contribution in [2.45, 2.75) is 13.3 Å². The Balaban J connectivity index is 1.89. The van der Waals surface area contributed by atoms with E-state index in [1.807, 2.05) is 49.4 Å². The summed E-state index contributed by atoms with van der Waals surface area (Å²) in [5.41, 5.74) is 2.69. The lowest BCUT2D eigenvalue weighted by Gasteiger charge is -2.13. The summed E-state index contributed by atoms with van der Waals surface area (Å²) in [6, 6.07) is 13.2. The van der Waals surface area contributed by atoms with Crippen LogP contribution in [0, 0.1) is 6.92 Å². The van der Waals surface area contributed by atoms with Crippen LogP contribution < -0.4 is 20.1 Å². The number of rotatable bonds is 7. The summed E-state index contributed by atoms with van der Waals surface area (Å²) < 4.78 is 10.5. The molecule has 0 bridgehead atoms. The minimum absolute atomic E-state index is 0.0336. The first-order chi connectivity index (χ1) is 11.1. The van der Waals surface area contributed by atoms with E-state index in [1.54, 1.807) is 14.2 Å². The molecule has 0 spiro atoms. The third-order valence-electron chi connectivity index (χ3n) is 3.49. The van der Waals surface area contributed by atoms with Gasteiger partial charge in [-0.2, -0.15) is 0 Å². The highest BCUT2D eigenvalue weighted by Gasteiger charge is 2.07. The molecule has 2 aromatic rings. The van der Waals surface area contributed by atoms with Crippen molar-refractivity contribution in [3.8, 4) is 11.5 Å². The first-order valence-corrected chi connectivity index (χ1v) is 7.45. The van der Waals surface area contributed by atoms with Crippen LogP contribution in [0.3, 0.4) is 0 Å². The minimum atomic E-state index is -0.0336. The van der Waals surface area contributed by atoms with Gasteiger partial charge in [-0.15, -0.1) is 0 Å². The summed E-state index contributed by atoms with van der Waals surface area (Å²) in [7, 11) is 3.22. The second-order valence-corrected chi connectivity index (χ2v) is 5.11. The monoisotopic (exact) mass is 314 g/mol. The fraction of sp³-hybridized carbons (Fsp3) is 0.278. The van der Waals surface area contributed by atoms with Crippen molar-refractivity contribution in [1.82, 2.24) is 0 Å². The Morgan fingerprint density at radius 1 is 1.04 bits per heavy atom. The standard InChI is InChI=1S/C18H22N2O3/c1-13-6-4-5-7-15(13)20-18(21)10-11-19-16-12-14(22-2)8-9-17(16)23-3/h4-9,12,19H,10-11H2,1-3H3,(H,20,21). The lowest BCUT2D eigenvalue weighted by Crippen LogP contribution is -2.17. The molecule has 2 aromatic carbocycles. The molecule has 0 aliphatic rings. The predicted molar refractivity (Wildman–Crippen MR) is 92.5 cm³/mol. The SMILES string of the molecule is COc1ccc(OC)c(NCCC(=O)Nc2ccccc2C)c1. The number of benzene rings is 2. The summed E-state index contributed by atoms with van der Waals surface area (Å²) >= 11 is 0. The van der Waals surface area contributed by atoms with E-state index < -0.39 is 0 Å². The Kier molecular flexibility index (Phi) is 5.86. The van der Waals surface area contributed by atoms with E-state index in [-0.39, 0.29) is 5.91 Å². The molecular weight excluding hydrogens is 292 g/mol. The highest BCUT2D eigenvalue weighted by atomic mass is 16.5. The van der Waals surface area contributed by atoms with Crippen molar-refractivity contribution in [3.05, 3.63) is 48.0 Å². The number of amides is 1. The summed E-state index contributed by atoms with van der Waals surface area (Å²) in [6.07, 6.45) is 0.356. The third kappa shape index (κ3) is 4.64. The molecule has 0 saturated carbocycles. The number of hydrogen-bond acceptors (Lipinski definition) is 4. The van der Waals surface area contributed by atoms with E-state index in [0.29, 0.717) is 18.7 Å². The topological polar surface area (TPSA) is 59.6 Å². The lowest BCUT2D eigenvalue weighted by atomic mass is 10.2. The highest BCUT2D eigenvalue weighted by molar-refractivity contribution is 5.91. The molecule has 1 amide bonds. The molecule has 0 saturated heterocycles. The van der Waals surface area contributed by atoms with Crippen LogP contribution in [0.25, 0.3) is 0 Å². The Morgan fingerprint density at radius 2 is 1.83 bits per heavy atom.